The van der Waals surface area contributed by atoms with Gasteiger partial charge in [-0.25, -0.2) is 9.97 Å². The molecule has 4 aromatic rings. The molecule has 0 saturated carbocycles. The molecule has 0 unspecified atom stereocenters. The molecule has 1 aromatic carbocycles. The summed E-state index contributed by atoms with van der Waals surface area (Å²) in [7, 11) is 1.58. The van der Waals surface area contributed by atoms with Gasteiger partial charge in [0.05, 0.1) is 29.9 Å². The summed E-state index contributed by atoms with van der Waals surface area (Å²) in [5, 5.41) is 0.533. The van der Waals surface area contributed by atoms with Crippen LogP contribution in [0.2, 0.25) is 0 Å². The lowest BCUT2D eigenvalue weighted by Gasteiger charge is -2.16. The van der Waals surface area contributed by atoms with Crippen LogP contribution in [-0.4, -0.2) is 26.6 Å². The Morgan fingerprint density at radius 1 is 1.03 bits per heavy atom. The lowest BCUT2D eigenvalue weighted by Crippen LogP contribution is -2.24. The van der Waals surface area contributed by atoms with Gasteiger partial charge >= 0.3 is 0 Å². The van der Waals surface area contributed by atoms with Gasteiger partial charge in [-0.3, -0.25) is 14.3 Å². The standard InChI is InChI=1S/C23H20N4O2/c1-15-5-4-6-16(2)22(15)27-20(8-7-17-9-12-25-21(13-17)29-3)26-19-14-24-11-10-18(19)23(27)28/h4-14H,1-3H3/b8-7+. The lowest BCUT2D eigenvalue weighted by atomic mass is 10.1. The number of hydrogen-bond donors (Lipinski definition) is 0. The number of ether oxygens (including phenoxy) is 1. The molecule has 144 valence electrons. The van der Waals surface area contributed by atoms with E-state index >= 15 is 0 Å². The van der Waals surface area contributed by atoms with Crippen molar-refractivity contribution >= 4 is 23.1 Å². The smallest absolute Gasteiger partial charge is 0.266 e. The highest BCUT2D eigenvalue weighted by molar-refractivity contribution is 5.79. The number of fused-ring (bicyclic) bond motifs is 1. The molecule has 0 atom stereocenters. The van der Waals surface area contributed by atoms with Crippen molar-refractivity contribution in [2.45, 2.75) is 13.8 Å². The van der Waals surface area contributed by atoms with Crippen molar-refractivity contribution in [3.05, 3.63) is 87.9 Å². The maximum atomic E-state index is 13.4. The third kappa shape index (κ3) is 3.52. The number of hydrogen-bond acceptors (Lipinski definition) is 5. The summed E-state index contributed by atoms with van der Waals surface area (Å²) in [4.78, 5) is 26.4. The van der Waals surface area contributed by atoms with E-state index in [1.54, 1.807) is 36.3 Å². The van der Waals surface area contributed by atoms with E-state index < -0.39 is 0 Å². The van der Waals surface area contributed by atoms with Gasteiger partial charge in [-0.2, -0.15) is 0 Å². The molecule has 0 spiro atoms. The minimum absolute atomic E-state index is 0.123. The maximum absolute atomic E-state index is 13.4. The second-order valence-electron chi connectivity index (χ2n) is 6.71. The van der Waals surface area contributed by atoms with Crippen LogP contribution in [0.4, 0.5) is 0 Å². The van der Waals surface area contributed by atoms with Crippen molar-refractivity contribution in [1.29, 1.82) is 0 Å². The second kappa shape index (κ2) is 7.67. The first kappa shape index (κ1) is 18.6. The van der Waals surface area contributed by atoms with Crippen molar-refractivity contribution in [3.63, 3.8) is 0 Å². The number of rotatable bonds is 4. The molecule has 0 aliphatic rings. The average molecular weight is 384 g/mol. The molecule has 0 saturated heterocycles. The summed E-state index contributed by atoms with van der Waals surface area (Å²) in [6, 6.07) is 11.4. The van der Waals surface area contributed by atoms with Crippen LogP contribution in [0.25, 0.3) is 28.7 Å². The minimum atomic E-state index is -0.123. The molecule has 0 aliphatic carbocycles. The molecule has 0 radical (unpaired) electrons. The fraction of sp³-hybridized carbons (Fsp3) is 0.130. The first-order chi connectivity index (χ1) is 14.1. The molecule has 6 nitrogen and oxygen atoms in total. The number of aryl methyl sites for hydroxylation is 2. The topological polar surface area (TPSA) is 69.9 Å². The number of methoxy groups -OCH3 is 1. The number of pyridine rings is 2. The molecule has 0 amide bonds. The normalized spacial score (nSPS) is 11.3. The van der Waals surface area contributed by atoms with E-state index in [-0.39, 0.29) is 5.56 Å². The Hall–Kier alpha value is -3.80. The maximum Gasteiger partial charge on any atom is 0.266 e. The Kier molecular flexibility index (Phi) is 4.91. The first-order valence-corrected chi connectivity index (χ1v) is 9.20. The van der Waals surface area contributed by atoms with Gasteiger partial charge in [0.2, 0.25) is 5.88 Å². The van der Waals surface area contributed by atoms with Gasteiger partial charge < -0.3 is 4.74 Å². The molecule has 3 heterocycles. The Bertz CT molecular complexity index is 1270. The summed E-state index contributed by atoms with van der Waals surface area (Å²) >= 11 is 0. The molecular weight excluding hydrogens is 364 g/mol. The fourth-order valence-corrected chi connectivity index (χ4v) is 3.35. The van der Waals surface area contributed by atoms with Crippen LogP contribution in [0.15, 0.2) is 59.8 Å². The van der Waals surface area contributed by atoms with Gasteiger partial charge in [0.15, 0.2) is 0 Å². The van der Waals surface area contributed by atoms with E-state index in [4.69, 9.17) is 9.72 Å². The van der Waals surface area contributed by atoms with Crippen LogP contribution in [-0.2, 0) is 0 Å². The fourth-order valence-electron chi connectivity index (χ4n) is 3.35. The van der Waals surface area contributed by atoms with Gasteiger partial charge in [0.1, 0.15) is 5.82 Å². The number of aromatic nitrogens is 4. The molecule has 29 heavy (non-hydrogen) atoms. The van der Waals surface area contributed by atoms with Gasteiger partial charge in [-0.05, 0) is 48.7 Å². The third-order valence-electron chi connectivity index (χ3n) is 4.75. The molecule has 0 aliphatic heterocycles. The quantitative estimate of drug-likeness (QED) is 0.532. The van der Waals surface area contributed by atoms with E-state index in [0.29, 0.717) is 22.6 Å². The van der Waals surface area contributed by atoms with Crippen LogP contribution < -0.4 is 10.3 Å². The molecule has 4 rings (SSSR count). The largest absolute Gasteiger partial charge is 0.481 e. The lowest BCUT2D eigenvalue weighted by molar-refractivity contribution is 0.398. The number of nitrogens with zero attached hydrogens (tertiary/aromatic N) is 4. The van der Waals surface area contributed by atoms with E-state index in [1.165, 1.54) is 0 Å². The van der Waals surface area contributed by atoms with Crippen molar-refractivity contribution in [3.8, 4) is 11.6 Å². The minimum Gasteiger partial charge on any atom is -0.481 e. The van der Waals surface area contributed by atoms with Crippen molar-refractivity contribution in [1.82, 2.24) is 19.5 Å². The molecule has 3 aromatic heterocycles. The van der Waals surface area contributed by atoms with Crippen LogP contribution in [0.1, 0.15) is 22.5 Å². The second-order valence-corrected chi connectivity index (χ2v) is 6.71. The Morgan fingerprint density at radius 2 is 1.83 bits per heavy atom. The highest BCUT2D eigenvalue weighted by atomic mass is 16.5. The van der Waals surface area contributed by atoms with Gasteiger partial charge in [-0.1, -0.05) is 24.3 Å². The monoisotopic (exact) mass is 384 g/mol. The van der Waals surface area contributed by atoms with E-state index in [1.807, 2.05) is 56.3 Å². The summed E-state index contributed by atoms with van der Waals surface area (Å²) in [5.74, 6) is 1.05. The van der Waals surface area contributed by atoms with E-state index in [2.05, 4.69) is 9.97 Å². The molecule has 0 bridgehead atoms. The first-order valence-electron chi connectivity index (χ1n) is 9.20. The van der Waals surface area contributed by atoms with Gasteiger partial charge in [0.25, 0.3) is 5.56 Å². The SMILES string of the molecule is COc1cc(/C=C/c2nc3cnccc3c(=O)n2-c2c(C)cccc2C)ccn1. The Balaban J connectivity index is 1.97. The number of para-hydroxylation sites is 1. The summed E-state index contributed by atoms with van der Waals surface area (Å²) in [6.45, 7) is 3.99. The van der Waals surface area contributed by atoms with Gasteiger partial charge in [-0.15, -0.1) is 0 Å². The van der Waals surface area contributed by atoms with Crippen molar-refractivity contribution in [2.24, 2.45) is 0 Å². The van der Waals surface area contributed by atoms with E-state index in [9.17, 15) is 4.79 Å². The predicted octanol–water partition coefficient (Wildman–Crippen LogP) is 3.97. The highest BCUT2D eigenvalue weighted by Gasteiger charge is 2.14. The zero-order valence-corrected chi connectivity index (χ0v) is 16.5. The average Bonchev–Trinajstić information content (AvgIpc) is 2.74. The molecular formula is C23H20N4O2. The number of benzene rings is 1. The van der Waals surface area contributed by atoms with Crippen LogP contribution in [0.3, 0.4) is 0 Å². The summed E-state index contributed by atoms with van der Waals surface area (Å²) < 4.78 is 6.85. The van der Waals surface area contributed by atoms with Crippen LogP contribution >= 0.6 is 0 Å². The highest BCUT2D eigenvalue weighted by Crippen LogP contribution is 2.21. The van der Waals surface area contributed by atoms with Crippen molar-refractivity contribution in [2.75, 3.05) is 7.11 Å². The molecule has 6 heteroatoms. The molecule has 0 N–H and O–H groups in total. The summed E-state index contributed by atoms with van der Waals surface area (Å²) in [5.41, 5.74) is 4.18. The zero-order valence-electron chi connectivity index (χ0n) is 16.5. The molecule has 0 fully saturated rings. The van der Waals surface area contributed by atoms with Crippen LogP contribution in [0.5, 0.6) is 5.88 Å². The van der Waals surface area contributed by atoms with Crippen molar-refractivity contribution < 1.29 is 4.74 Å². The zero-order chi connectivity index (χ0) is 20.4. The predicted molar refractivity (Wildman–Crippen MR) is 114 cm³/mol. The third-order valence-corrected chi connectivity index (χ3v) is 4.75. The van der Waals surface area contributed by atoms with Crippen LogP contribution in [0, 0.1) is 13.8 Å². The summed E-state index contributed by atoms with van der Waals surface area (Å²) in [6.07, 6.45) is 8.61. The van der Waals surface area contributed by atoms with Gasteiger partial charge in [0, 0.05) is 18.5 Å². The Morgan fingerprint density at radius 3 is 2.59 bits per heavy atom. The van der Waals surface area contributed by atoms with E-state index in [0.717, 1.165) is 22.4 Å². The Labute approximate surface area is 168 Å².